The van der Waals surface area contributed by atoms with Crippen molar-refractivity contribution in [3.05, 3.63) is 34.8 Å². The summed E-state index contributed by atoms with van der Waals surface area (Å²) >= 11 is 1.52. The molecule has 0 radical (unpaired) electrons. The Morgan fingerprint density at radius 1 is 1.16 bits per heavy atom. The molecule has 2 bridgehead atoms. The summed E-state index contributed by atoms with van der Waals surface area (Å²) in [5, 5.41) is 10.3. The van der Waals surface area contributed by atoms with Gasteiger partial charge in [0.05, 0.1) is 5.56 Å². The van der Waals surface area contributed by atoms with Crippen LogP contribution in [0.2, 0.25) is 0 Å². The molecular formula is C23H28N2O5S. The first-order valence-corrected chi connectivity index (χ1v) is 11.4. The highest BCUT2D eigenvalue weighted by molar-refractivity contribution is 7.14. The minimum absolute atomic E-state index is 0.0777. The van der Waals surface area contributed by atoms with E-state index in [1.807, 2.05) is 38.7 Å². The monoisotopic (exact) mass is 444 g/mol. The summed E-state index contributed by atoms with van der Waals surface area (Å²) < 4.78 is 11.9. The topological polar surface area (TPSA) is 89.0 Å². The van der Waals surface area contributed by atoms with Gasteiger partial charge in [0.15, 0.2) is 0 Å². The Hall–Kier alpha value is -2.61. The molecule has 1 aromatic heterocycles. The van der Waals surface area contributed by atoms with Crippen LogP contribution >= 0.6 is 11.3 Å². The van der Waals surface area contributed by atoms with Gasteiger partial charge < -0.3 is 19.5 Å². The number of thiazole rings is 1. The number of amides is 1. The fourth-order valence-electron chi connectivity index (χ4n) is 4.43. The van der Waals surface area contributed by atoms with Gasteiger partial charge in [0.1, 0.15) is 22.5 Å². The van der Waals surface area contributed by atoms with Crippen molar-refractivity contribution in [2.45, 2.75) is 77.2 Å². The summed E-state index contributed by atoms with van der Waals surface area (Å²) in [5.74, 6) is -0.474. The third kappa shape index (κ3) is 4.84. The van der Waals surface area contributed by atoms with Gasteiger partial charge in [0, 0.05) is 41.6 Å². The maximum atomic E-state index is 12.7. The zero-order chi connectivity index (χ0) is 22.3. The number of aryl methyl sites for hydroxylation is 1. The summed E-state index contributed by atoms with van der Waals surface area (Å²) in [7, 11) is 0. The molecule has 3 heterocycles. The highest BCUT2D eigenvalue weighted by Crippen LogP contribution is 2.39. The number of aromatic nitrogens is 1. The number of fused-ring (bicyclic) bond motifs is 2. The minimum atomic E-state index is -1.00. The fraction of sp³-hybridized carbons (Fsp3) is 0.522. The average Bonchev–Trinajstić information content (AvgIpc) is 3.21. The highest BCUT2D eigenvalue weighted by Gasteiger charge is 2.45. The van der Waals surface area contributed by atoms with E-state index in [0.717, 1.165) is 28.3 Å². The van der Waals surface area contributed by atoms with Crippen LogP contribution in [-0.4, -0.2) is 50.8 Å². The molecule has 1 amide bonds. The van der Waals surface area contributed by atoms with Crippen molar-refractivity contribution in [1.29, 1.82) is 0 Å². The molecule has 31 heavy (non-hydrogen) atoms. The van der Waals surface area contributed by atoms with Crippen LogP contribution in [0.5, 0.6) is 5.75 Å². The van der Waals surface area contributed by atoms with Crippen LogP contribution in [0, 0.1) is 6.92 Å². The van der Waals surface area contributed by atoms with Gasteiger partial charge in [-0.15, -0.1) is 11.3 Å². The Bertz CT molecular complexity index is 982. The number of carboxylic acids is 1. The number of nitrogens with zero attached hydrogens (tertiary/aromatic N) is 2. The first kappa shape index (κ1) is 21.6. The van der Waals surface area contributed by atoms with Crippen molar-refractivity contribution >= 4 is 23.4 Å². The molecule has 2 fully saturated rings. The number of carbonyl (C=O) groups is 2. The number of carbonyl (C=O) groups excluding carboxylic acids is 1. The summed E-state index contributed by atoms with van der Waals surface area (Å²) in [6, 6.07) is 5.22. The van der Waals surface area contributed by atoms with Crippen LogP contribution in [0.3, 0.4) is 0 Å². The van der Waals surface area contributed by atoms with Gasteiger partial charge in [0.25, 0.3) is 0 Å². The van der Waals surface area contributed by atoms with E-state index >= 15 is 0 Å². The highest BCUT2D eigenvalue weighted by atomic mass is 32.1. The molecule has 1 aromatic carbocycles. The number of hydrogen-bond acceptors (Lipinski definition) is 6. The fourth-order valence-corrected chi connectivity index (χ4v) is 5.18. The summed E-state index contributed by atoms with van der Waals surface area (Å²) in [5.41, 5.74) is 0.391. The standard InChI is InChI=1S/C23H28N2O5S/c1-13-12-24-20(31-13)14-7-15(21(26)27)9-18(8-14)29-19-10-16-5-6-17(11-19)25(16)22(28)30-23(2,3)4/h7-9,12,16-17,19H,5-6,10-11H2,1-4H3,(H,26,27)/t16-,17+,19-. The maximum Gasteiger partial charge on any atom is 0.410 e. The van der Waals surface area contributed by atoms with Crippen molar-refractivity contribution in [2.24, 2.45) is 0 Å². The second-order valence-electron chi connectivity index (χ2n) is 9.31. The molecule has 2 aliphatic heterocycles. The molecule has 4 rings (SSSR count). The summed E-state index contributed by atoms with van der Waals surface area (Å²) in [6.45, 7) is 7.59. The second-order valence-corrected chi connectivity index (χ2v) is 10.5. The van der Waals surface area contributed by atoms with Crippen molar-refractivity contribution in [3.63, 3.8) is 0 Å². The van der Waals surface area contributed by atoms with Crippen molar-refractivity contribution < 1.29 is 24.2 Å². The number of aromatic carboxylic acids is 1. The number of rotatable bonds is 4. The van der Waals surface area contributed by atoms with Crippen LogP contribution in [0.15, 0.2) is 24.4 Å². The number of ether oxygens (including phenoxy) is 2. The van der Waals surface area contributed by atoms with E-state index in [1.165, 1.54) is 11.3 Å². The molecule has 166 valence electrons. The van der Waals surface area contributed by atoms with Gasteiger partial charge in [-0.3, -0.25) is 0 Å². The van der Waals surface area contributed by atoms with Crippen LogP contribution in [-0.2, 0) is 4.74 Å². The van der Waals surface area contributed by atoms with E-state index in [4.69, 9.17) is 9.47 Å². The zero-order valence-electron chi connectivity index (χ0n) is 18.3. The molecule has 2 aromatic rings. The summed E-state index contributed by atoms with van der Waals surface area (Å²) in [4.78, 5) is 31.6. The van der Waals surface area contributed by atoms with E-state index in [-0.39, 0.29) is 29.8 Å². The molecule has 1 N–H and O–H groups in total. The number of carboxylic acid groups (broad SMARTS) is 1. The zero-order valence-corrected chi connectivity index (χ0v) is 19.1. The van der Waals surface area contributed by atoms with Gasteiger partial charge in [-0.05, 0) is 58.7 Å². The quantitative estimate of drug-likeness (QED) is 0.704. The summed E-state index contributed by atoms with van der Waals surface area (Å²) in [6.07, 6.45) is 4.72. The number of hydrogen-bond donors (Lipinski definition) is 1. The molecule has 2 saturated heterocycles. The van der Waals surface area contributed by atoms with Gasteiger partial charge in [-0.2, -0.15) is 0 Å². The third-order valence-electron chi connectivity index (χ3n) is 5.62. The minimum Gasteiger partial charge on any atom is -0.490 e. The Balaban J connectivity index is 1.51. The lowest BCUT2D eigenvalue weighted by molar-refractivity contribution is -0.00711. The van der Waals surface area contributed by atoms with E-state index in [1.54, 1.807) is 18.3 Å². The van der Waals surface area contributed by atoms with Crippen LogP contribution in [0.1, 0.15) is 61.7 Å². The molecule has 3 atom stereocenters. The first-order valence-electron chi connectivity index (χ1n) is 10.6. The predicted molar refractivity (Wildman–Crippen MR) is 118 cm³/mol. The largest absolute Gasteiger partial charge is 0.490 e. The Morgan fingerprint density at radius 3 is 2.39 bits per heavy atom. The third-order valence-corrected chi connectivity index (χ3v) is 6.58. The van der Waals surface area contributed by atoms with Gasteiger partial charge in [-0.25, -0.2) is 14.6 Å². The lowest BCUT2D eigenvalue weighted by atomic mass is 10.00. The molecule has 0 saturated carbocycles. The van der Waals surface area contributed by atoms with Crippen LogP contribution < -0.4 is 4.74 Å². The molecule has 2 aliphatic rings. The van der Waals surface area contributed by atoms with Gasteiger partial charge in [0.2, 0.25) is 0 Å². The Kier molecular flexibility index (Phi) is 5.68. The molecule has 7 nitrogen and oxygen atoms in total. The van der Waals surface area contributed by atoms with Crippen molar-refractivity contribution in [3.8, 4) is 16.3 Å². The van der Waals surface area contributed by atoms with E-state index in [0.29, 0.717) is 18.6 Å². The van der Waals surface area contributed by atoms with Crippen LogP contribution in [0.25, 0.3) is 10.6 Å². The smallest absolute Gasteiger partial charge is 0.410 e. The lowest BCUT2D eigenvalue weighted by Crippen LogP contribution is -2.50. The molecule has 0 aliphatic carbocycles. The van der Waals surface area contributed by atoms with E-state index in [9.17, 15) is 14.7 Å². The van der Waals surface area contributed by atoms with Crippen molar-refractivity contribution in [2.75, 3.05) is 0 Å². The molecular weight excluding hydrogens is 416 g/mol. The van der Waals surface area contributed by atoms with E-state index in [2.05, 4.69) is 4.98 Å². The van der Waals surface area contributed by atoms with Gasteiger partial charge in [-0.1, -0.05) is 0 Å². The normalized spacial score (nSPS) is 23.0. The lowest BCUT2D eigenvalue weighted by Gasteiger charge is -2.39. The Morgan fingerprint density at radius 2 is 1.84 bits per heavy atom. The van der Waals surface area contributed by atoms with Crippen LogP contribution in [0.4, 0.5) is 4.79 Å². The second kappa shape index (κ2) is 8.15. The van der Waals surface area contributed by atoms with Crippen molar-refractivity contribution in [1.82, 2.24) is 9.88 Å². The maximum absolute atomic E-state index is 12.7. The van der Waals surface area contributed by atoms with Gasteiger partial charge >= 0.3 is 12.1 Å². The average molecular weight is 445 g/mol. The number of benzene rings is 1. The number of piperidine rings is 1. The first-order chi connectivity index (χ1) is 14.6. The predicted octanol–water partition coefficient (Wildman–Crippen LogP) is 5.13. The molecule has 0 spiro atoms. The SMILES string of the molecule is Cc1cnc(-c2cc(O[C@@H]3C[C@H]4CC[C@@H](C3)N4C(=O)OC(C)(C)C)cc(C(=O)O)c2)s1. The Labute approximate surface area is 186 Å². The van der Waals surface area contributed by atoms with E-state index < -0.39 is 11.6 Å². The molecule has 8 heteroatoms. The molecule has 0 unspecified atom stereocenters.